The van der Waals surface area contributed by atoms with Crippen molar-refractivity contribution in [1.82, 2.24) is 15.1 Å². The summed E-state index contributed by atoms with van der Waals surface area (Å²) in [4.78, 5) is 40.3. The van der Waals surface area contributed by atoms with Gasteiger partial charge in [0.1, 0.15) is 18.2 Å². The predicted molar refractivity (Wildman–Crippen MR) is 102 cm³/mol. The maximum atomic E-state index is 14.2. The van der Waals surface area contributed by atoms with Gasteiger partial charge in [-0.25, -0.2) is 13.6 Å². The summed E-state index contributed by atoms with van der Waals surface area (Å²) in [7, 11) is 0. The highest BCUT2D eigenvalue weighted by Crippen LogP contribution is 2.27. The fraction of sp³-hybridized carbons (Fsp3) is 0.333. The van der Waals surface area contributed by atoms with Crippen LogP contribution in [0, 0.1) is 18.1 Å². The lowest BCUT2D eigenvalue weighted by atomic mass is 9.96. The molecule has 0 bridgehead atoms. The zero-order valence-corrected chi connectivity index (χ0v) is 16.4. The molecule has 153 valence electrons. The molecule has 0 saturated carbocycles. The van der Waals surface area contributed by atoms with Gasteiger partial charge in [-0.3, -0.25) is 14.5 Å². The number of rotatable bonds is 5. The van der Waals surface area contributed by atoms with Crippen molar-refractivity contribution in [2.45, 2.75) is 38.9 Å². The van der Waals surface area contributed by atoms with E-state index in [1.165, 1.54) is 11.0 Å². The van der Waals surface area contributed by atoms with Gasteiger partial charge in [0, 0.05) is 29.7 Å². The van der Waals surface area contributed by atoms with Crippen molar-refractivity contribution in [1.29, 1.82) is 0 Å². The highest BCUT2D eigenvalue weighted by Gasteiger charge is 2.39. The van der Waals surface area contributed by atoms with Crippen LogP contribution in [0.25, 0.3) is 0 Å². The van der Waals surface area contributed by atoms with Gasteiger partial charge in [0.25, 0.3) is 5.91 Å². The van der Waals surface area contributed by atoms with Gasteiger partial charge in [0.15, 0.2) is 0 Å². The monoisotopic (exact) mass is 402 g/mol. The molecule has 2 aliphatic rings. The Hall–Kier alpha value is -3.03. The Balaban J connectivity index is 1.82. The number of allylic oxidation sites excluding steroid dienone is 2. The predicted octanol–water partition coefficient (Wildman–Crippen LogP) is 2.88. The number of hydrogen-bond acceptors (Lipinski definition) is 3. The number of benzene rings is 1. The van der Waals surface area contributed by atoms with Crippen LogP contribution >= 0.6 is 0 Å². The highest BCUT2D eigenvalue weighted by molar-refractivity contribution is 6.10. The fourth-order valence-corrected chi connectivity index (χ4v) is 3.63. The minimum absolute atomic E-state index is 0.151. The molecule has 6 nitrogen and oxygen atoms in total. The van der Waals surface area contributed by atoms with Crippen LogP contribution < -0.4 is 5.32 Å². The molecule has 2 unspecified atom stereocenters. The molecule has 1 N–H and O–H groups in total. The molecule has 8 heteroatoms. The zero-order valence-electron chi connectivity index (χ0n) is 16.4. The van der Waals surface area contributed by atoms with Crippen LogP contribution in [-0.4, -0.2) is 46.3 Å². The van der Waals surface area contributed by atoms with Gasteiger partial charge in [0.05, 0.1) is 12.1 Å². The minimum Gasteiger partial charge on any atom is -0.332 e. The Morgan fingerprint density at radius 3 is 2.59 bits per heavy atom. The van der Waals surface area contributed by atoms with E-state index in [4.69, 9.17) is 0 Å². The number of imide groups is 1. The van der Waals surface area contributed by atoms with E-state index < -0.39 is 48.1 Å². The molecule has 4 amide bonds. The summed E-state index contributed by atoms with van der Waals surface area (Å²) in [5.74, 6) is -2.54. The number of halogens is 2. The number of carbonyl (C=O) groups excluding carboxylic acids is 3. The molecule has 1 heterocycles. The SMILES string of the molecule is CC(C)N(C(=O)CN1C(=O)NC2[CH]C=CC=C2C1=O)C(C)c1ccc(F)cc1F. The van der Waals surface area contributed by atoms with E-state index in [-0.39, 0.29) is 11.6 Å². The van der Waals surface area contributed by atoms with E-state index >= 15 is 0 Å². The Bertz CT molecular complexity index is 910. The number of nitrogens with zero attached hydrogens (tertiary/aromatic N) is 2. The van der Waals surface area contributed by atoms with Crippen molar-refractivity contribution in [2.75, 3.05) is 6.54 Å². The lowest BCUT2D eigenvalue weighted by Gasteiger charge is -2.37. The van der Waals surface area contributed by atoms with Crippen molar-refractivity contribution >= 4 is 17.8 Å². The molecule has 0 spiro atoms. The fourth-order valence-electron chi connectivity index (χ4n) is 3.63. The molecule has 1 aliphatic heterocycles. The summed E-state index contributed by atoms with van der Waals surface area (Å²) in [5, 5.41) is 2.67. The van der Waals surface area contributed by atoms with Crippen molar-refractivity contribution < 1.29 is 23.2 Å². The Labute approximate surface area is 167 Å². The molecule has 3 rings (SSSR count). The van der Waals surface area contributed by atoms with Crippen LogP contribution in [0.2, 0.25) is 0 Å². The summed E-state index contributed by atoms with van der Waals surface area (Å²) >= 11 is 0. The smallest absolute Gasteiger partial charge is 0.325 e. The minimum atomic E-state index is -0.764. The van der Waals surface area contributed by atoms with Gasteiger partial charge < -0.3 is 10.2 Å². The molecule has 2 atom stereocenters. The van der Waals surface area contributed by atoms with Gasteiger partial charge in [-0.1, -0.05) is 24.3 Å². The van der Waals surface area contributed by atoms with Gasteiger partial charge in [-0.15, -0.1) is 0 Å². The van der Waals surface area contributed by atoms with Crippen LogP contribution in [-0.2, 0) is 9.59 Å². The first-order valence-corrected chi connectivity index (χ1v) is 9.31. The summed E-state index contributed by atoms with van der Waals surface area (Å²) in [5.41, 5.74) is 0.520. The third-order valence-corrected chi connectivity index (χ3v) is 5.01. The quantitative estimate of drug-likeness (QED) is 0.824. The van der Waals surface area contributed by atoms with Crippen molar-refractivity contribution in [2.24, 2.45) is 0 Å². The average molecular weight is 402 g/mol. The highest BCUT2D eigenvalue weighted by atomic mass is 19.1. The number of fused-ring (bicyclic) bond motifs is 1. The topological polar surface area (TPSA) is 69.7 Å². The standard InChI is InChI=1S/C21H22F2N3O3/c1-12(2)26(13(3)15-9-8-14(22)10-17(15)23)19(27)11-25-20(28)16-6-4-5-7-18(16)24-21(25)29/h4-10,12-13,18H,11H2,1-3H3,(H,24,29). The van der Waals surface area contributed by atoms with E-state index in [9.17, 15) is 23.2 Å². The molecule has 1 fully saturated rings. The maximum Gasteiger partial charge on any atom is 0.325 e. The largest absolute Gasteiger partial charge is 0.332 e. The van der Waals surface area contributed by atoms with Crippen LogP contribution in [0.3, 0.4) is 0 Å². The second kappa shape index (κ2) is 8.14. The molecule has 0 aromatic heterocycles. The molecule has 1 aliphatic carbocycles. The third-order valence-electron chi connectivity index (χ3n) is 5.01. The Kier molecular flexibility index (Phi) is 5.81. The van der Waals surface area contributed by atoms with E-state index in [1.807, 2.05) is 0 Å². The lowest BCUT2D eigenvalue weighted by Crippen LogP contribution is -2.59. The first-order valence-electron chi connectivity index (χ1n) is 9.31. The first-order chi connectivity index (χ1) is 13.7. The number of nitrogens with one attached hydrogen (secondary N) is 1. The van der Waals surface area contributed by atoms with Gasteiger partial charge >= 0.3 is 6.03 Å². The van der Waals surface area contributed by atoms with E-state index in [0.29, 0.717) is 5.57 Å². The summed E-state index contributed by atoms with van der Waals surface area (Å²) in [6.45, 7) is 4.62. The van der Waals surface area contributed by atoms with Crippen molar-refractivity contribution in [3.8, 4) is 0 Å². The van der Waals surface area contributed by atoms with Gasteiger partial charge in [-0.2, -0.15) is 0 Å². The molecular weight excluding hydrogens is 380 g/mol. The van der Waals surface area contributed by atoms with E-state index in [1.54, 1.807) is 45.4 Å². The molecule has 29 heavy (non-hydrogen) atoms. The molecule has 1 aromatic rings. The number of amides is 4. The lowest BCUT2D eigenvalue weighted by molar-refractivity contribution is -0.140. The summed E-state index contributed by atoms with van der Waals surface area (Å²) in [6.07, 6.45) is 6.69. The molecule has 1 saturated heterocycles. The molecule has 1 radical (unpaired) electrons. The Morgan fingerprint density at radius 1 is 1.21 bits per heavy atom. The van der Waals surface area contributed by atoms with Crippen LogP contribution in [0.5, 0.6) is 0 Å². The normalized spacial score (nSPS) is 19.6. The Morgan fingerprint density at radius 2 is 1.93 bits per heavy atom. The number of urea groups is 1. The number of hydrogen-bond donors (Lipinski definition) is 1. The first kappa shape index (κ1) is 20.7. The maximum absolute atomic E-state index is 14.2. The van der Waals surface area contributed by atoms with Crippen molar-refractivity contribution in [3.05, 3.63) is 65.6 Å². The average Bonchev–Trinajstić information content (AvgIpc) is 2.64. The second-order valence-electron chi connectivity index (χ2n) is 7.25. The summed E-state index contributed by atoms with van der Waals surface area (Å²) in [6, 6.07) is 0.930. The molecule has 1 aromatic carbocycles. The number of carbonyl (C=O) groups is 3. The van der Waals surface area contributed by atoms with E-state index in [0.717, 1.165) is 17.0 Å². The van der Waals surface area contributed by atoms with Crippen LogP contribution in [0.15, 0.2) is 42.0 Å². The summed E-state index contributed by atoms with van der Waals surface area (Å²) < 4.78 is 27.5. The zero-order chi connectivity index (χ0) is 21.3. The van der Waals surface area contributed by atoms with E-state index in [2.05, 4.69) is 5.32 Å². The molecular formula is C21H22F2N3O3. The second-order valence-corrected chi connectivity index (χ2v) is 7.25. The van der Waals surface area contributed by atoms with Crippen LogP contribution in [0.4, 0.5) is 13.6 Å². The van der Waals surface area contributed by atoms with Gasteiger partial charge in [0.2, 0.25) is 5.91 Å². The van der Waals surface area contributed by atoms with Crippen molar-refractivity contribution in [3.63, 3.8) is 0 Å². The van der Waals surface area contributed by atoms with Crippen LogP contribution in [0.1, 0.15) is 32.4 Å². The van der Waals surface area contributed by atoms with Gasteiger partial charge in [-0.05, 0) is 26.8 Å². The third kappa shape index (κ3) is 4.06.